The van der Waals surface area contributed by atoms with Gasteiger partial charge in [0.1, 0.15) is 0 Å². The van der Waals surface area contributed by atoms with E-state index in [1.54, 1.807) is 24.8 Å². The van der Waals surface area contributed by atoms with Crippen molar-refractivity contribution in [3.63, 3.8) is 0 Å². The third-order valence-corrected chi connectivity index (χ3v) is 2.92. The Morgan fingerprint density at radius 3 is 1.23 bits per heavy atom. The minimum absolute atomic E-state index is 1.14. The Morgan fingerprint density at radius 1 is 0.727 bits per heavy atom. The summed E-state index contributed by atoms with van der Waals surface area (Å²) in [6.45, 7) is 12.2. The first-order chi connectivity index (χ1) is 10.8. The molecule has 2 aromatic rings. The molecule has 0 bridgehead atoms. The smallest absolute Gasteiger partial charge is 0.0451 e. The van der Waals surface area contributed by atoms with Crippen LogP contribution in [-0.2, 0) is 0 Å². The van der Waals surface area contributed by atoms with E-state index < -0.39 is 0 Å². The van der Waals surface area contributed by atoms with Crippen LogP contribution in [0.4, 0.5) is 0 Å². The standard InChI is InChI=1S/C6H8S.C5H6.C4H4N2.2C2H6/c1-5-3-4-6(2)7-5;1-2-4-5-3-1;1-2-6-4-3-5-1;2*1-2/h3-4H,1-2H3;1-4H,5H2;1-4H;2*1-2H3. The van der Waals surface area contributed by atoms with Crippen LogP contribution in [0.5, 0.6) is 0 Å². The van der Waals surface area contributed by atoms with Crippen molar-refractivity contribution in [1.82, 2.24) is 9.97 Å². The molecule has 0 unspecified atom stereocenters. The third-order valence-electron chi connectivity index (χ3n) is 2.01. The molecule has 122 valence electrons. The molecular formula is C19H30N2S. The van der Waals surface area contributed by atoms with Gasteiger partial charge in [-0.2, -0.15) is 0 Å². The number of aromatic nitrogens is 2. The number of nitrogens with zero attached hydrogens (tertiary/aromatic N) is 2. The van der Waals surface area contributed by atoms with Crippen LogP contribution in [-0.4, -0.2) is 9.97 Å². The van der Waals surface area contributed by atoms with Crippen LogP contribution in [0.15, 0.2) is 61.2 Å². The molecule has 0 atom stereocenters. The molecule has 22 heavy (non-hydrogen) atoms. The van der Waals surface area contributed by atoms with Crippen LogP contribution in [0.25, 0.3) is 0 Å². The molecule has 2 heterocycles. The molecule has 0 saturated carbocycles. The van der Waals surface area contributed by atoms with E-state index >= 15 is 0 Å². The summed E-state index contributed by atoms with van der Waals surface area (Å²) in [6.07, 6.45) is 16.1. The Bertz CT molecular complexity index is 420. The van der Waals surface area contributed by atoms with E-state index in [0.717, 1.165) is 6.42 Å². The van der Waals surface area contributed by atoms with Gasteiger partial charge in [-0.3, -0.25) is 9.97 Å². The van der Waals surface area contributed by atoms with Gasteiger partial charge in [0.2, 0.25) is 0 Å². The number of rotatable bonds is 0. The summed E-state index contributed by atoms with van der Waals surface area (Å²) in [5.41, 5.74) is 0. The highest BCUT2D eigenvalue weighted by molar-refractivity contribution is 7.11. The van der Waals surface area contributed by atoms with Crippen molar-refractivity contribution in [2.45, 2.75) is 48.0 Å². The minimum atomic E-state index is 1.14. The number of allylic oxidation sites excluding steroid dienone is 4. The molecule has 0 saturated heterocycles. The normalized spacial score (nSPS) is 9.73. The van der Waals surface area contributed by atoms with Crippen molar-refractivity contribution >= 4 is 11.3 Å². The molecule has 1 aliphatic carbocycles. The topological polar surface area (TPSA) is 25.8 Å². The van der Waals surface area contributed by atoms with Crippen LogP contribution in [0.1, 0.15) is 43.9 Å². The molecule has 3 rings (SSSR count). The lowest BCUT2D eigenvalue weighted by Gasteiger charge is -1.71. The van der Waals surface area contributed by atoms with Gasteiger partial charge in [-0.05, 0) is 32.4 Å². The molecule has 0 fully saturated rings. The molecular weight excluding hydrogens is 288 g/mol. The van der Waals surface area contributed by atoms with Gasteiger partial charge < -0.3 is 0 Å². The first-order valence-corrected chi connectivity index (χ1v) is 8.65. The Morgan fingerprint density at radius 2 is 1.09 bits per heavy atom. The highest BCUT2D eigenvalue weighted by atomic mass is 32.1. The fourth-order valence-corrected chi connectivity index (χ4v) is 1.98. The van der Waals surface area contributed by atoms with Gasteiger partial charge in [-0.1, -0.05) is 52.0 Å². The van der Waals surface area contributed by atoms with Gasteiger partial charge in [0.15, 0.2) is 0 Å². The van der Waals surface area contributed by atoms with E-state index in [9.17, 15) is 0 Å². The summed E-state index contributed by atoms with van der Waals surface area (Å²) in [5.74, 6) is 0. The van der Waals surface area contributed by atoms with Crippen molar-refractivity contribution in [2.75, 3.05) is 0 Å². The van der Waals surface area contributed by atoms with E-state index in [2.05, 4.69) is 60.3 Å². The molecule has 0 amide bonds. The SMILES string of the molecule is C1=CCC=C1.CC.CC.Cc1ccc(C)s1.c1cnccn1. The zero-order valence-electron chi connectivity index (χ0n) is 14.8. The van der Waals surface area contributed by atoms with E-state index in [-0.39, 0.29) is 0 Å². The Labute approximate surface area is 140 Å². The highest BCUT2D eigenvalue weighted by Crippen LogP contribution is 2.12. The van der Waals surface area contributed by atoms with Crippen molar-refractivity contribution < 1.29 is 0 Å². The maximum absolute atomic E-state index is 3.72. The lowest BCUT2D eigenvalue weighted by atomic mass is 10.5. The number of hydrogen-bond acceptors (Lipinski definition) is 3. The van der Waals surface area contributed by atoms with Crippen LogP contribution in [0.3, 0.4) is 0 Å². The molecule has 2 nitrogen and oxygen atoms in total. The quantitative estimate of drug-likeness (QED) is 0.562. The van der Waals surface area contributed by atoms with Gasteiger partial charge in [-0.25, -0.2) is 0 Å². The Kier molecular flexibility index (Phi) is 19.7. The second-order valence-electron chi connectivity index (χ2n) is 3.64. The van der Waals surface area contributed by atoms with Crippen LogP contribution in [0.2, 0.25) is 0 Å². The van der Waals surface area contributed by atoms with Gasteiger partial charge in [0.25, 0.3) is 0 Å². The molecule has 0 N–H and O–H groups in total. The van der Waals surface area contributed by atoms with Crippen LogP contribution in [0, 0.1) is 13.8 Å². The predicted octanol–water partition coefficient (Wildman–Crippen LogP) is 6.40. The van der Waals surface area contributed by atoms with Gasteiger partial charge in [0, 0.05) is 34.5 Å². The molecule has 2 aromatic heterocycles. The van der Waals surface area contributed by atoms with Gasteiger partial charge in [-0.15, -0.1) is 11.3 Å². The zero-order chi connectivity index (χ0) is 17.1. The van der Waals surface area contributed by atoms with Crippen LogP contribution >= 0.6 is 11.3 Å². The minimum Gasteiger partial charge on any atom is -0.262 e. The van der Waals surface area contributed by atoms with Crippen molar-refractivity contribution in [2.24, 2.45) is 0 Å². The largest absolute Gasteiger partial charge is 0.262 e. The number of thiophene rings is 1. The predicted molar refractivity (Wildman–Crippen MR) is 101 cm³/mol. The monoisotopic (exact) mass is 318 g/mol. The lowest BCUT2D eigenvalue weighted by Crippen LogP contribution is -1.66. The second-order valence-corrected chi connectivity index (χ2v) is 5.14. The van der Waals surface area contributed by atoms with Gasteiger partial charge in [0.05, 0.1) is 0 Å². The zero-order valence-corrected chi connectivity index (χ0v) is 15.6. The molecule has 1 aliphatic rings. The first kappa shape index (κ1) is 22.5. The summed E-state index contributed by atoms with van der Waals surface area (Å²) in [7, 11) is 0. The summed E-state index contributed by atoms with van der Waals surface area (Å²) in [5, 5.41) is 0. The van der Waals surface area contributed by atoms with Crippen molar-refractivity contribution in [3.8, 4) is 0 Å². The third kappa shape index (κ3) is 16.3. The summed E-state index contributed by atoms with van der Waals surface area (Å²) >= 11 is 1.84. The number of hydrogen-bond donors (Lipinski definition) is 0. The second kappa shape index (κ2) is 19.3. The average Bonchev–Trinajstić information content (AvgIpc) is 3.29. The van der Waals surface area contributed by atoms with E-state index in [1.165, 1.54) is 9.75 Å². The van der Waals surface area contributed by atoms with Gasteiger partial charge >= 0.3 is 0 Å². The summed E-state index contributed by atoms with van der Waals surface area (Å²) in [4.78, 5) is 10.2. The fraction of sp³-hybridized carbons (Fsp3) is 0.368. The average molecular weight is 319 g/mol. The molecule has 0 spiro atoms. The van der Waals surface area contributed by atoms with E-state index in [4.69, 9.17) is 0 Å². The molecule has 0 aromatic carbocycles. The van der Waals surface area contributed by atoms with E-state index in [1.807, 2.05) is 39.0 Å². The fourth-order valence-electron chi connectivity index (χ4n) is 1.20. The summed E-state index contributed by atoms with van der Waals surface area (Å²) in [6, 6.07) is 4.28. The van der Waals surface area contributed by atoms with Crippen molar-refractivity contribution in [3.05, 3.63) is 71.0 Å². The van der Waals surface area contributed by atoms with Crippen molar-refractivity contribution in [1.29, 1.82) is 0 Å². The Balaban J connectivity index is 0. The first-order valence-electron chi connectivity index (χ1n) is 7.83. The van der Waals surface area contributed by atoms with E-state index in [0.29, 0.717) is 0 Å². The maximum atomic E-state index is 3.72. The molecule has 0 aliphatic heterocycles. The lowest BCUT2D eigenvalue weighted by molar-refractivity contribution is 1.20. The summed E-state index contributed by atoms with van der Waals surface area (Å²) < 4.78 is 0. The van der Waals surface area contributed by atoms with Crippen LogP contribution < -0.4 is 0 Å². The molecule has 3 heteroatoms. The number of aryl methyl sites for hydroxylation is 2. The Hall–Kier alpha value is -1.74. The highest BCUT2D eigenvalue weighted by Gasteiger charge is 1.84. The molecule has 0 radical (unpaired) electrons. The maximum Gasteiger partial charge on any atom is 0.0451 e.